The Morgan fingerprint density at radius 2 is 1.32 bits per heavy atom. The van der Waals surface area contributed by atoms with E-state index in [1.54, 1.807) is 6.07 Å². The number of aliphatic imine (C=N–C) groups is 1. The second kappa shape index (κ2) is 7.57. The van der Waals surface area contributed by atoms with Crippen LogP contribution in [0.2, 0.25) is 0 Å². The molecule has 28 heavy (non-hydrogen) atoms. The Labute approximate surface area is 165 Å². The number of hydrogen-bond donors (Lipinski definition) is 2. The Hall–Kier alpha value is -3.59. The van der Waals surface area contributed by atoms with Gasteiger partial charge in [-0.25, -0.2) is 4.99 Å². The van der Waals surface area contributed by atoms with Crippen molar-refractivity contribution in [3.8, 4) is 5.75 Å². The summed E-state index contributed by atoms with van der Waals surface area (Å²) in [6.45, 7) is 4.11. The van der Waals surface area contributed by atoms with Gasteiger partial charge >= 0.3 is 0 Å². The van der Waals surface area contributed by atoms with Crippen LogP contribution in [-0.2, 0) is 0 Å². The van der Waals surface area contributed by atoms with E-state index in [2.05, 4.69) is 12.2 Å². The van der Waals surface area contributed by atoms with E-state index in [1.165, 1.54) is 11.1 Å². The fourth-order valence-electron chi connectivity index (χ4n) is 3.10. The Kier molecular flexibility index (Phi) is 4.81. The van der Waals surface area contributed by atoms with Crippen LogP contribution in [0.1, 0.15) is 16.7 Å². The molecule has 0 aliphatic rings. The molecule has 0 fully saturated rings. The van der Waals surface area contributed by atoms with Crippen LogP contribution in [0.25, 0.3) is 10.8 Å². The highest BCUT2D eigenvalue weighted by molar-refractivity contribution is 6.13. The van der Waals surface area contributed by atoms with Crippen molar-refractivity contribution in [1.82, 2.24) is 0 Å². The van der Waals surface area contributed by atoms with Gasteiger partial charge in [0.2, 0.25) is 0 Å². The van der Waals surface area contributed by atoms with Crippen LogP contribution in [0.3, 0.4) is 0 Å². The third kappa shape index (κ3) is 3.89. The van der Waals surface area contributed by atoms with Crippen LogP contribution in [0.4, 0.5) is 11.4 Å². The number of rotatable bonds is 3. The van der Waals surface area contributed by atoms with E-state index < -0.39 is 0 Å². The summed E-state index contributed by atoms with van der Waals surface area (Å²) in [6.07, 6.45) is 0. The van der Waals surface area contributed by atoms with Crippen LogP contribution >= 0.6 is 0 Å². The number of aryl methyl sites for hydroxylation is 2. The lowest BCUT2D eigenvalue weighted by Crippen LogP contribution is -2.13. The first-order valence-electron chi connectivity index (χ1n) is 9.30. The van der Waals surface area contributed by atoms with Crippen molar-refractivity contribution in [2.45, 2.75) is 13.8 Å². The fraction of sp³-hybridized carbons (Fsp3) is 0.0800. The monoisotopic (exact) mass is 366 g/mol. The topological polar surface area (TPSA) is 44.6 Å². The van der Waals surface area contributed by atoms with Gasteiger partial charge in [0.25, 0.3) is 0 Å². The highest BCUT2D eigenvalue weighted by Gasteiger charge is 2.12. The molecule has 0 aliphatic carbocycles. The molecule has 3 nitrogen and oxygen atoms in total. The molecule has 0 atom stereocenters. The predicted molar refractivity (Wildman–Crippen MR) is 118 cm³/mol. The number of nitrogens with zero attached hydrogens (tertiary/aromatic N) is 1. The van der Waals surface area contributed by atoms with Gasteiger partial charge in [0.1, 0.15) is 11.6 Å². The minimum atomic E-state index is 0.198. The van der Waals surface area contributed by atoms with E-state index in [-0.39, 0.29) is 5.75 Å². The molecule has 0 bridgehead atoms. The van der Waals surface area contributed by atoms with Gasteiger partial charge in [0.15, 0.2) is 0 Å². The SMILES string of the molecule is Cc1ccc(N=C(Nc2ccc(C)cc2)c2cc3ccccc3cc2O)cc1. The maximum Gasteiger partial charge on any atom is 0.142 e. The lowest BCUT2D eigenvalue weighted by Gasteiger charge is -2.13. The zero-order valence-corrected chi connectivity index (χ0v) is 16.0. The summed E-state index contributed by atoms with van der Waals surface area (Å²) in [6, 6.07) is 27.9. The number of fused-ring (bicyclic) bond motifs is 1. The Morgan fingerprint density at radius 3 is 1.96 bits per heavy atom. The van der Waals surface area contributed by atoms with Crippen molar-refractivity contribution in [3.63, 3.8) is 0 Å². The summed E-state index contributed by atoms with van der Waals surface area (Å²) in [5, 5.41) is 16.1. The lowest BCUT2D eigenvalue weighted by molar-refractivity contribution is 0.475. The molecule has 138 valence electrons. The summed E-state index contributed by atoms with van der Waals surface area (Å²) < 4.78 is 0. The summed E-state index contributed by atoms with van der Waals surface area (Å²) >= 11 is 0. The molecule has 4 aromatic rings. The maximum absolute atomic E-state index is 10.7. The second-order valence-electron chi connectivity index (χ2n) is 7.00. The molecule has 3 heteroatoms. The molecule has 0 unspecified atom stereocenters. The maximum atomic E-state index is 10.7. The molecule has 0 heterocycles. The van der Waals surface area contributed by atoms with E-state index in [0.29, 0.717) is 11.4 Å². The number of anilines is 1. The fourth-order valence-corrected chi connectivity index (χ4v) is 3.10. The molecular formula is C25H22N2O. The number of amidine groups is 1. The van der Waals surface area contributed by atoms with Crippen LogP contribution in [-0.4, -0.2) is 10.9 Å². The molecule has 0 amide bonds. The van der Waals surface area contributed by atoms with Gasteiger partial charge in [-0.2, -0.15) is 0 Å². The largest absolute Gasteiger partial charge is 0.507 e. The predicted octanol–water partition coefficient (Wildman–Crippen LogP) is 6.35. The smallest absolute Gasteiger partial charge is 0.142 e. The van der Waals surface area contributed by atoms with Gasteiger partial charge < -0.3 is 10.4 Å². The first-order valence-corrected chi connectivity index (χ1v) is 9.30. The summed E-state index contributed by atoms with van der Waals surface area (Å²) in [5.41, 5.74) is 4.79. The van der Waals surface area contributed by atoms with Crippen molar-refractivity contribution in [1.29, 1.82) is 0 Å². The minimum absolute atomic E-state index is 0.198. The van der Waals surface area contributed by atoms with Gasteiger partial charge in [-0.1, -0.05) is 59.7 Å². The van der Waals surface area contributed by atoms with Crippen molar-refractivity contribution in [3.05, 3.63) is 102 Å². The molecular weight excluding hydrogens is 344 g/mol. The average molecular weight is 366 g/mol. The van der Waals surface area contributed by atoms with Crippen molar-refractivity contribution >= 4 is 28.0 Å². The highest BCUT2D eigenvalue weighted by atomic mass is 16.3. The van der Waals surface area contributed by atoms with Crippen LogP contribution in [0, 0.1) is 13.8 Å². The van der Waals surface area contributed by atoms with Crippen molar-refractivity contribution in [2.75, 3.05) is 5.32 Å². The zero-order chi connectivity index (χ0) is 19.5. The van der Waals surface area contributed by atoms with Crippen LogP contribution in [0.15, 0.2) is 89.9 Å². The van der Waals surface area contributed by atoms with Crippen molar-refractivity contribution < 1.29 is 5.11 Å². The minimum Gasteiger partial charge on any atom is -0.507 e. The molecule has 0 saturated carbocycles. The highest BCUT2D eigenvalue weighted by Crippen LogP contribution is 2.27. The summed E-state index contributed by atoms with van der Waals surface area (Å²) in [5.74, 6) is 0.806. The van der Waals surface area contributed by atoms with E-state index in [0.717, 1.165) is 22.1 Å². The van der Waals surface area contributed by atoms with Gasteiger partial charge in [-0.15, -0.1) is 0 Å². The Balaban J connectivity index is 1.83. The second-order valence-corrected chi connectivity index (χ2v) is 7.00. The van der Waals surface area contributed by atoms with Crippen molar-refractivity contribution in [2.24, 2.45) is 4.99 Å². The molecule has 4 rings (SSSR count). The van der Waals surface area contributed by atoms with E-state index >= 15 is 0 Å². The third-order valence-electron chi connectivity index (χ3n) is 4.71. The van der Waals surface area contributed by atoms with Crippen LogP contribution < -0.4 is 5.32 Å². The van der Waals surface area contributed by atoms with Gasteiger partial charge in [0, 0.05) is 5.69 Å². The standard InChI is InChI=1S/C25H22N2O/c1-17-7-11-21(12-8-17)26-25(27-22-13-9-18(2)10-14-22)23-15-19-5-3-4-6-20(19)16-24(23)28/h3-16,28H,1-2H3,(H,26,27). The molecule has 0 spiro atoms. The average Bonchev–Trinajstić information content (AvgIpc) is 2.70. The number of hydrogen-bond acceptors (Lipinski definition) is 2. The molecule has 4 aromatic carbocycles. The number of aromatic hydroxyl groups is 1. The Bertz CT molecular complexity index is 1140. The molecule has 0 aliphatic heterocycles. The first kappa shape index (κ1) is 17.8. The molecule has 0 radical (unpaired) electrons. The normalized spacial score (nSPS) is 11.6. The number of nitrogens with one attached hydrogen (secondary N) is 1. The quantitative estimate of drug-likeness (QED) is 0.328. The van der Waals surface area contributed by atoms with E-state index in [9.17, 15) is 5.11 Å². The first-order chi connectivity index (χ1) is 13.6. The number of phenols is 1. The molecule has 0 aromatic heterocycles. The summed E-state index contributed by atoms with van der Waals surface area (Å²) in [7, 11) is 0. The van der Waals surface area contributed by atoms with Gasteiger partial charge in [0.05, 0.1) is 11.3 Å². The third-order valence-corrected chi connectivity index (χ3v) is 4.71. The summed E-state index contributed by atoms with van der Waals surface area (Å²) in [4.78, 5) is 4.80. The zero-order valence-electron chi connectivity index (χ0n) is 16.0. The Morgan fingerprint density at radius 1 is 0.750 bits per heavy atom. The molecule has 0 saturated heterocycles. The van der Waals surface area contributed by atoms with E-state index in [4.69, 9.17) is 4.99 Å². The van der Waals surface area contributed by atoms with Gasteiger partial charge in [-0.3, -0.25) is 0 Å². The lowest BCUT2D eigenvalue weighted by atomic mass is 10.0. The number of benzene rings is 4. The number of phenolic OH excluding ortho intramolecular Hbond substituents is 1. The molecule has 2 N–H and O–H groups in total. The van der Waals surface area contributed by atoms with Gasteiger partial charge in [-0.05, 0) is 61.0 Å². The van der Waals surface area contributed by atoms with E-state index in [1.807, 2.05) is 85.8 Å². The van der Waals surface area contributed by atoms with Crippen LogP contribution in [0.5, 0.6) is 5.75 Å².